The van der Waals surface area contributed by atoms with Gasteiger partial charge in [0.15, 0.2) is 0 Å². The number of aryl methyl sites for hydroxylation is 1. The highest BCUT2D eigenvalue weighted by atomic mass is 127. The van der Waals surface area contributed by atoms with Crippen LogP contribution in [0.2, 0.25) is 0 Å². The molecule has 1 rings (SSSR count). The minimum atomic E-state index is -2.53. The molecule has 0 saturated carbocycles. The summed E-state index contributed by atoms with van der Waals surface area (Å²) in [4.78, 5) is 3.65. The smallest absolute Gasteiger partial charge is 0.280 e. The van der Waals surface area contributed by atoms with Crippen LogP contribution in [-0.4, -0.2) is 4.98 Å². The van der Waals surface area contributed by atoms with E-state index >= 15 is 0 Å². The molecule has 1 aromatic rings. The lowest BCUT2D eigenvalue weighted by atomic mass is 10.3. The van der Waals surface area contributed by atoms with Crippen LogP contribution in [0.15, 0.2) is 6.07 Å². The highest BCUT2D eigenvalue weighted by Gasteiger charge is 2.12. The highest BCUT2D eigenvalue weighted by molar-refractivity contribution is 14.1. The van der Waals surface area contributed by atoms with Crippen molar-refractivity contribution in [1.82, 2.24) is 4.98 Å². The third-order valence-electron chi connectivity index (χ3n) is 1.44. The van der Waals surface area contributed by atoms with Crippen LogP contribution in [0.3, 0.4) is 0 Å². The Bertz CT molecular complexity index is 278. The molecular weight excluding hydrogens is 277 g/mol. The van der Waals surface area contributed by atoms with Crippen LogP contribution in [0.25, 0.3) is 0 Å². The summed E-state index contributed by atoms with van der Waals surface area (Å²) in [7, 11) is 0. The molecule has 0 bridgehead atoms. The zero-order valence-electron chi connectivity index (χ0n) is 6.31. The van der Waals surface area contributed by atoms with E-state index in [1.165, 1.54) is 6.07 Å². The SMILES string of the molecule is Cc1nc(C(F)F)cc(I)c1N. The maximum Gasteiger partial charge on any atom is 0.280 e. The van der Waals surface area contributed by atoms with Crippen molar-refractivity contribution < 1.29 is 8.78 Å². The van der Waals surface area contributed by atoms with Gasteiger partial charge >= 0.3 is 0 Å². The number of anilines is 1. The van der Waals surface area contributed by atoms with Gasteiger partial charge in [-0.2, -0.15) is 0 Å². The predicted molar refractivity (Wildman–Crippen MR) is 51.1 cm³/mol. The van der Waals surface area contributed by atoms with Gasteiger partial charge in [-0.15, -0.1) is 0 Å². The Balaban J connectivity index is 3.21. The molecule has 0 saturated heterocycles. The summed E-state index contributed by atoms with van der Waals surface area (Å²) in [6.07, 6.45) is -2.53. The molecule has 0 atom stereocenters. The largest absolute Gasteiger partial charge is 0.396 e. The van der Waals surface area contributed by atoms with Gasteiger partial charge in [-0.05, 0) is 35.6 Å². The molecule has 1 heterocycles. The summed E-state index contributed by atoms with van der Waals surface area (Å²) >= 11 is 1.91. The fourth-order valence-electron chi connectivity index (χ4n) is 0.778. The molecular formula is C7H7F2IN2. The van der Waals surface area contributed by atoms with Gasteiger partial charge in [0.1, 0.15) is 5.69 Å². The number of alkyl halides is 2. The first kappa shape index (κ1) is 9.63. The van der Waals surface area contributed by atoms with Gasteiger partial charge in [-0.3, -0.25) is 0 Å². The number of halogens is 3. The number of rotatable bonds is 1. The molecule has 0 aliphatic heterocycles. The lowest BCUT2D eigenvalue weighted by Crippen LogP contribution is -2.00. The number of nitrogens with zero attached hydrogens (tertiary/aromatic N) is 1. The first-order chi connectivity index (χ1) is 5.52. The van der Waals surface area contributed by atoms with E-state index in [0.717, 1.165) is 0 Å². The molecule has 1 aromatic heterocycles. The molecule has 66 valence electrons. The van der Waals surface area contributed by atoms with Crippen LogP contribution in [0.5, 0.6) is 0 Å². The third kappa shape index (κ3) is 1.82. The lowest BCUT2D eigenvalue weighted by molar-refractivity contribution is 0.146. The quantitative estimate of drug-likeness (QED) is 0.805. The van der Waals surface area contributed by atoms with Gasteiger partial charge in [0.05, 0.1) is 11.4 Å². The van der Waals surface area contributed by atoms with Crippen LogP contribution in [-0.2, 0) is 0 Å². The first-order valence-electron chi connectivity index (χ1n) is 3.23. The summed E-state index contributed by atoms with van der Waals surface area (Å²) in [5, 5.41) is 0. The topological polar surface area (TPSA) is 38.9 Å². The second kappa shape index (κ2) is 3.51. The second-order valence-corrected chi connectivity index (χ2v) is 3.49. The average molecular weight is 284 g/mol. The third-order valence-corrected chi connectivity index (χ3v) is 2.33. The van der Waals surface area contributed by atoms with Gasteiger partial charge in [-0.25, -0.2) is 13.8 Å². The molecule has 0 aliphatic carbocycles. The van der Waals surface area contributed by atoms with E-state index in [2.05, 4.69) is 4.98 Å². The van der Waals surface area contributed by atoms with Crippen molar-refractivity contribution in [2.45, 2.75) is 13.3 Å². The second-order valence-electron chi connectivity index (χ2n) is 2.33. The van der Waals surface area contributed by atoms with Crippen LogP contribution >= 0.6 is 22.6 Å². The maximum absolute atomic E-state index is 12.2. The Morgan fingerprint density at radius 3 is 2.58 bits per heavy atom. The van der Waals surface area contributed by atoms with E-state index in [1.807, 2.05) is 22.6 Å². The Kier molecular flexibility index (Phi) is 2.81. The Labute approximate surface area is 82.3 Å². The normalized spacial score (nSPS) is 10.8. The lowest BCUT2D eigenvalue weighted by Gasteiger charge is -2.05. The van der Waals surface area contributed by atoms with Crippen LogP contribution < -0.4 is 5.73 Å². The summed E-state index contributed by atoms with van der Waals surface area (Å²) in [5.41, 5.74) is 6.25. The Morgan fingerprint density at radius 1 is 1.58 bits per heavy atom. The number of aromatic nitrogens is 1. The molecule has 2 nitrogen and oxygen atoms in total. The van der Waals surface area contributed by atoms with Crippen molar-refractivity contribution in [2.24, 2.45) is 0 Å². The minimum absolute atomic E-state index is 0.217. The number of nitrogens with two attached hydrogens (primary N) is 1. The minimum Gasteiger partial charge on any atom is -0.396 e. The molecule has 12 heavy (non-hydrogen) atoms. The van der Waals surface area contributed by atoms with E-state index in [9.17, 15) is 8.78 Å². The van der Waals surface area contributed by atoms with Crippen molar-refractivity contribution in [3.63, 3.8) is 0 Å². The molecule has 0 fully saturated rings. The summed E-state index contributed by atoms with van der Waals surface area (Å²) in [6.45, 7) is 1.61. The monoisotopic (exact) mass is 284 g/mol. The van der Waals surface area contributed by atoms with E-state index in [1.54, 1.807) is 6.92 Å². The molecule has 2 N–H and O–H groups in total. The van der Waals surface area contributed by atoms with Gasteiger partial charge in [0.2, 0.25) is 0 Å². The van der Waals surface area contributed by atoms with E-state index in [4.69, 9.17) is 5.73 Å². The average Bonchev–Trinajstić information content (AvgIpc) is 1.99. The molecule has 0 amide bonds. The Hall–Kier alpha value is -0.460. The van der Waals surface area contributed by atoms with Crippen molar-refractivity contribution in [2.75, 3.05) is 5.73 Å². The van der Waals surface area contributed by atoms with Crippen molar-refractivity contribution in [3.8, 4) is 0 Å². The number of nitrogen functional groups attached to an aromatic ring is 1. The first-order valence-corrected chi connectivity index (χ1v) is 4.31. The standard InChI is InChI=1S/C7H7F2IN2/c1-3-6(11)4(10)2-5(12-3)7(8)9/h2,7H,11H2,1H3. The van der Waals surface area contributed by atoms with Gasteiger partial charge in [0, 0.05) is 3.57 Å². The maximum atomic E-state index is 12.2. The van der Waals surface area contributed by atoms with Crippen LogP contribution in [0, 0.1) is 10.5 Å². The van der Waals surface area contributed by atoms with Crippen LogP contribution in [0.4, 0.5) is 14.5 Å². The molecule has 0 spiro atoms. The van der Waals surface area contributed by atoms with E-state index < -0.39 is 6.43 Å². The van der Waals surface area contributed by atoms with Crippen molar-refractivity contribution in [1.29, 1.82) is 0 Å². The van der Waals surface area contributed by atoms with E-state index in [0.29, 0.717) is 15.0 Å². The van der Waals surface area contributed by atoms with E-state index in [-0.39, 0.29) is 5.69 Å². The fraction of sp³-hybridized carbons (Fsp3) is 0.286. The summed E-state index contributed by atoms with van der Waals surface area (Å²) in [6, 6.07) is 1.30. The molecule has 0 aromatic carbocycles. The number of hydrogen-bond acceptors (Lipinski definition) is 2. The molecule has 0 aliphatic rings. The number of pyridine rings is 1. The summed E-state index contributed by atoms with van der Waals surface area (Å²) < 4.78 is 24.9. The molecule has 0 unspecified atom stereocenters. The zero-order valence-corrected chi connectivity index (χ0v) is 8.47. The van der Waals surface area contributed by atoms with Crippen LogP contribution in [0.1, 0.15) is 17.8 Å². The molecule has 5 heteroatoms. The highest BCUT2D eigenvalue weighted by Crippen LogP contribution is 2.24. The van der Waals surface area contributed by atoms with Crippen molar-refractivity contribution in [3.05, 3.63) is 21.0 Å². The number of hydrogen-bond donors (Lipinski definition) is 1. The summed E-state index contributed by atoms with van der Waals surface area (Å²) in [5.74, 6) is 0. The zero-order chi connectivity index (χ0) is 9.30. The fourth-order valence-corrected chi connectivity index (χ4v) is 1.49. The van der Waals surface area contributed by atoms with Gasteiger partial charge in [-0.1, -0.05) is 0 Å². The van der Waals surface area contributed by atoms with Gasteiger partial charge in [0.25, 0.3) is 6.43 Å². The van der Waals surface area contributed by atoms with Crippen molar-refractivity contribution >= 4 is 28.3 Å². The van der Waals surface area contributed by atoms with Gasteiger partial charge < -0.3 is 5.73 Å². The molecule has 0 radical (unpaired) electrons. The predicted octanol–water partition coefficient (Wildman–Crippen LogP) is 2.51. The Morgan fingerprint density at radius 2 is 2.17 bits per heavy atom.